The van der Waals surface area contributed by atoms with E-state index < -0.39 is 0 Å². The fourth-order valence-electron chi connectivity index (χ4n) is 5.45. The zero-order valence-electron chi connectivity index (χ0n) is 16.3. The molecule has 1 aromatic carbocycles. The summed E-state index contributed by atoms with van der Waals surface area (Å²) in [6.07, 6.45) is 8.15. The molecule has 6 heteroatoms. The summed E-state index contributed by atoms with van der Waals surface area (Å²) in [5, 5.41) is 4.38. The summed E-state index contributed by atoms with van der Waals surface area (Å²) < 4.78 is 1.91. The first kappa shape index (κ1) is 16.9. The number of pyridine rings is 1. The zero-order valence-corrected chi connectivity index (χ0v) is 16.3. The molecule has 1 N–H and O–H groups in total. The summed E-state index contributed by atoms with van der Waals surface area (Å²) in [6, 6.07) is 7.57. The van der Waals surface area contributed by atoms with Gasteiger partial charge in [-0.3, -0.25) is 9.59 Å². The van der Waals surface area contributed by atoms with E-state index in [-0.39, 0.29) is 22.9 Å². The van der Waals surface area contributed by atoms with Crippen LogP contribution < -0.4 is 10.9 Å². The molecule has 7 rings (SSSR count). The Hall–Kier alpha value is -3.02. The summed E-state index contributed by atoms with van der Waals surface area (Å²) in [5.74, 6) is 1.75. The summed E-state index contributed by atoms with van der Waals surface area (Å²) in [5.41, 5.74) is 3.83. The molecule has 2 heterocycles. The number of hydrogen-bond acceptors (Lipinski definition) is 5. The normalized spacial score (nSPS) is 25.3. The van der Waals surface area contributed by atoms with Gasteiger partial charge in [0, 0.05) is 29.8 Å². The Bertz CT molecular complexity index is 1230. The van der Waals surface area contributed by atoms with Gasteiger partial charge in [-0.2, -0.15) is 0 Å². The third-order valence-corrected chi connectivity index (χ3v) is 7.12. The van der Waals surface area contributed by atoms with Crippen LogP contribution in [-0.4, -0.2) is 20.3 Å². The van der Waals surface area contributed by atoms with Crippen LogP contribution in [-0.2, 0) is 12.0 Å². The second kappa shape index (κ2) is 5.75. The molecule has 3 fully saturated rings. The number of rotatable bonds is 4. The summed E-state index contributed by atoms with van der Waals surface area (Å²) in [7, 11) is 0. The minimum absolute atomic E-state index is 0.00993. The Labute approximate surface area is 168 Å². The Morgan fingerprint density at radius 2 is 2.00 bits per heavy atom. The fraction of sp³-hybridized carbons (Fsp3) is 0.391. The lowest BCUT2D eigenvalue weighted by Crippen LogP contribution is -2.61. The molecular formula is C23H22N4O2. The van der Waals surface area contributed by atoms with E-state index in [0.717, 1.165) is 59.5 Å². The van der Waals surface area contributed by atoms with Gasteiger partial charge < -0.3 is 9.88 Å². The standard InChI is InChI=1S/C23H22N4O2/c1-13(15-3-2-4-17-16(15)5-6-20(17)28)26-22-18-11-27(23-8-14(9-23)10-23)21(29)7-19(18)24-12-25-22/h2-4,7,11-14H,5-6,8-10H2,1H3,(H,24,25,26)/t13-,14?,23?/m0/s1. The van der Waals surface area contributed by atoms with Crippen LogP contribution in [0.3, 0.4) is 0 Å². The van der Waals surface area contributed by atoms with Gasteiger partial charge in [0.2, 0.25) is 0 Å². The highest BCUT2D eigenvalue weighted by Gasteiger charge is 2.58. The lowest BCUT2D eigenvalue weighted by molar-refractivity contribution is -0.0911. The summed E-state index contributed by atoms with van der Waals surface area (Å²) in [6.45, 7) is 2.09. The minimum Gasteiger partial charge on any atom is -0.363 e. The van der Waals surface area contributed by atoms with E-state index in [4.69, 9.17) is 0 Å². The third kappa shape index (κ3) is 2.35. The van der Waals surface area contributed by atoms with Gasteiger partial charge in [0.05, 0.1) is 16.9 Å². The van der Waals surface area contributed by atoms with Crippen LogP contribution in [0.1, 0.15) is 60.1 Å². The maximum absolute atomic E-state index is 12.7. The van der Waals surface area contributed by atoms with Crippen LogP contribution in [0.25, 0.3) is 10.9 Å². The number of anilines is 1. The van der Waals surface area contributed by atoms with Crippen molar-refractivity contribution in [1.29, 1.82) is 0 Å². The molecule has 146 valence electrons. The van der Waals surface area contributed by atoms with E-state index in [2.05, 4.69) is 28.3 Å². The number of aromatic nitrogens is 3. The highest BCUT2D eigenvalue weighted by Crippen LogP contribution is 2.61. The van der Waals surface area contributed by atoms with Gasteiger partial charge >= 0.3 is 0 Å². The number of ketones is 1. The maximum Gasteiger partial charge on any atom is 0.253 e. The number of nitrogens with zero attached hydrogens (tertiary/aromatic N) is 3. The third-order valence-electron chi connectivity index (χ3n) is 7.12. The lowest BCUT2D eigenvalue weighted by Gasteiger charge is -2.62. The number of Topliss-reactive ketones (excluding diaryl/α,β-unsaturated/α-hetero) is 1. The predicted molar refractivity (Wildman–Crippen MR) is 110 cm³/mol. The number of benzene rings is 1. The Balaban J connectivity index is 1.40. The first-order valence-corrected chi connectivity index (χ1v) is 10.3. The van der Waals surface area contributed by atoms with E-state index >= 15 is 0 Å². The Kier molecular flexibility index (Phi) is 3.35. The van der Waals surface area contributed by atoms with Crippen molar-refractivity contribution in [2.45, 2.75) is 50.6 Å². The van der Waals surface area contributed by atoms with E-state index in [1.54, 1.807) is 6.07 Å². The topological polar surface area (TPSA) is 76.9 Å². The second-order valence-corrected chi connectivity index (χ2v) is 8.87. The van der Waals surface area contributed by atoms with E-state index in [1.807, 2.05) is 22.9 Å². The largest absolute Gasteiger partial charge is 0.363 e. The average Bonchev–Trinajstić information content (AvgIpc) is 3.01. The maximum atomic E-state index is 12.7. The second-order valence-electron chi connectivity index (χ2n) is 8.87. The molecular weight excluding hydrogens is 364 g/mol. The molecule has 2 aromatic heterocycles. The van der Waals surface area contributed by atoms with E-state index in [0.29, 0.717) is 11.9 Å². The first-order valence-electron chi connectivity index (χ1n) is 10.3. The van der Waals surface area contributed by atoms with E-state index in [9.17, 15) is 9.59 Å². The number of carbonyl (C=O) groups is 1. The molecule has 6 nitrogen and oxygen atoms in total. The fourth-order valence-corrected chi connectivity index (χ4v) is 5.45. The number of fused-ring (bicyclic) bond motifs is 2. The molecule has 0 aliphatic heterocycles. The van der Waals surface area contributed by atoms with Crippen LogP contribution in [0, 0.1) is 5.92 Å². The van der Waals surface area contributed by atoms with Crippen molar-refractivity contribution in [3.8, 4) is 0 Å². The van der Waals surface area contributed by atoms with Gasteiger partial charge in [-0.15, -0.1) is 0 Å². The average molecular weight is 386 g/mol. The molecule has 0 amide bonds. The molecule has 0 spiro atoms. The molecule has 2 bridgehead atoms. The van der Waals surface area contributed by atoms with Crippen molar-refractivity contribution in [2.75, 3.05) is 5.32 Å². The van der Waals surface area contributed by atoms with Gasteiger partial charge in [-0.25, -0.2) is 9.97 Å². The Morgan fingerprint density at radius 1 is 1.17 bits per heavy atom. The molecule has 3 aromatic rings. The van der Waals surface area contributed by atoms with Gasteiger partial charge in [-0.05, 0) is 49.7 Å². The van der Waals surface area contributed by atoms with Crippen LogP contribution in [0.4, 0.5) is 5.82 Å². The summed E-state index contributed by atoms with van der Waals surface area (Å²) >= 11 is 0. The zero-order chi connectivity index (χ0) is 19.8. The monoisotopic (exact) mass is 386 g/mol. The van der Waals surface area contributed by atoms with Crippen molar-refractivity contribution >= 4 is 22.5 Å². The van der Waals surface area contributed by atoms with E-state index in [1.165, 1.54) is 6.33 Å². The van der Waals surface area contributed by atoms with Crippen molar-refractivity contribution in [3.63, 3.8) is 0 Å². The van der Waals surface area contributed by atoms with Gasteiger partial charge in [0.1, 0.15) is 12.1 Å². The van der Waals surface area contributed by atoms with Crippen LogP contribution in [0.5, 0.6) is 0 Å². The molecule has 0 unspecified atom stereocenters. The van der Waals surface area contributed by atoms with Crippen LogP contribution in [0.15, 0.2) is 41.6 Å². The van der Waals surface area contributed by atoms with Crippen molar-refractivity contribution < 1.29 is 4.79 Å². The Morgan fingerprint density at radius 3 is 2.76 bits per heavy atom. The molecule has 3 saturated carbocycles. The van der Waals surface area contributed by atoms with Crippen molar-refractivity contribution in [1.82, 2.24) is 14.5 Å². The van der Waals surface area contributed by atoms with Crippen molar-refractivity contribution in [2.24, 2.45) is 5.92 Å². The van der Waals surface area contributed by atoms with Crippen LogP contribution >= 0.6 is 0 Å². The lowest BCUT2D eigenvalue weighted by atomic mass is 9.49. The van der Waals surface area contributed by atoms with Gasteiger partial charge in [-0.1, -0.05) is 18.2 Å². The molecule has 0 saturated heterocycles. The quantitative estimate of drug-likeness (QED) is 0.741. The van der Waals surface area contributed by atoms with Gasteiger partial charge in [0.15, 0.2) is 5.78 Å². The van der Waals surface area contributed by atoms with Crippen LogP contribution in [0.2, 0.25) is 0 Å². The molecule has 29 heavy (non-hydrogen) atoms. The van der Waals surface area contributed by atoms with Crippen molar-refractivity contribution in [3.05, 3.63) is 63.8 Å². The number of nitrogens with one attached hydrogen (secondary N) is 1. The predicted octanol–water partition coefficient (Wildman–Crippen LogP) is 3.60. The molecule has 1 atom stereocenters. The molecule has 4 aliphatic carbocycles. The highest BCUT2D eigenvalue weighted by atomic mass is 16.1. The summed E-state index contributed by atoms with van der Waals surface area (Å²) in [4.78, 5) is 33.6. The van der Waals surface area contributed by atoms with Gasteiger partial charge in [0.25, 0.3) is 5.56 Å². The number of hydrogen-bond donors (Lipinski definition) is 1. The SMILES string of the molecule is C[C@H](Nc1ncnc2cc(=O)n(C34CC(C3)C4)cc12)c1cccc2c1CCC2=O. The molecule has 0 radical (unpaired) electrons. The first-order chi connectivity index (χ1) is 14.0. The smallest absolute Gasteiger partial charge is 0.253 e. The molecule has 4 aliphatic rings. The minimum atomic E-state index is -0.00993. The number of carbonyl (C=O) groups excluding carboxylic acids is 1. The highest BCUT2D eigenvalue weighted by molar-refractivity contribution is 6.00.